The number of nitrogens with zero attached hydrogens (tertiary/aromatic N) is 2. The maximum Gasteiger partial charge on any atom is 0.264 e. The van der Waals surface area contributed by atoms with Gasteiger partial charge in [0, 0.05) is 18.1 Å². The van der Waals surface area contributed by atoms with Crippen LogP contribution in [0.2, 0.25) is 15.1 Å². The van der Waals surface area contributed by atoms with Crippen LogP contribution < -0.4 is 9.62 Å². The molecule has 0 aromatic heterocycles. The number of carbonyl (C=O) groups is 2. The van der Waals surface area contributed by atoms with Crippen LogP contribution in [0.15, 0.2) is 65.6 Å². The molecule has 0 bridgehead atoms. The Morgan fingerprint density at radius 3 is 2.12 bits per heavy atom. The van der Waals surface area contributed by atoms with Gasteiger partial charge in [0.05, 0.1) is 20.6 Å². The Morgan fingerprint density at radius 1 is 0.878 bits per heavy atom. The van der Waals surface area contributed by atoms with Gasteiger partial charge in [-0.2, -0.15) is 0 Å². The molecule has 0 saturated heterocycles. The summed E-state index contributed by atoms with van der Waals surface area (Å²) in [5, 5.41) is 3.94. The maximum atomic E-state index is 14.0. The minimum absolute atomic E-state index is 0.00397. The highest BCUT2D eigenvalue weighted by molar-refractivity contribution is 7.92. The zero-order chi connectivity index (χ0) is 30.5. The quantitative estimate of drug-likeness (QED) is 0.255. The van der Waals surface area contributed by atoms with E-state index in [9.17, 15) is 18.0 Å². The van der Waals surface area contributed by atoms with Gasteiger partial charge in [-0.05, 0) is 80.3 Å². The number of aryl methyl sites for hydroxylation is 2. The van der Waals surface area contributed by atoms with E-state index in [-0.39, 0.29) is 23.3 Å². The third kappa shape index (κ3) is 8.38. The van der Waals surface area contributed by atoms with E-state index in [1.165, 1.54) is 17.0 Å². The molecule has 11 heteroatoms. The Balaban J connectivity index is 2.06. The van der Waals surface area contributed by atoms with Crippen molar-refractivity contribution >= 4 is 62.3 Å². The lowest BCUT2D eigenvalue weighted by atomic mass is 10.1. The molecular formula is C30H34Cl3N3O4S. The minimum Gasteiger partial charge on any atom is -0.354 e. The molecule has 0 aliphatic carbocycles. The second kappa shape index (κ2) is 13.9. The molecule has 41 heavy (non-hydrogen) atoms. The predicted octanol–water partition coefficient (Wildman–Crippen LogP) is 6.65. The van der Waals surface area contributed by atoms with Gasteiger partial charge in [-0.25, -0.2) is 8.42 Å². The van der Waals surface area contributed by atoms with Crippen molar-refractivity contribution in [2.75, 3.05) is 17.4 Å². The minimum atomic E-state index is -4.18. The SMILES string of the molecule is Cc1ccc(S(=O)(=O)N(CC(=O)N(Cc2ccc(Cl)c(Cl)c2)[C@@H](C)C(=O)NCC(C)C)c2ccc(Cl)cc2C)cc1. The van der Waals surface area contributed by atoms with Crippen LogP contribution in [0, 0.1) is 19.8 Å². The van der Waals surface area contributed by atoms with Crippen LogP contribution in [0.25, 0.3) is 0 Å². The summed E-state index contributed by atoms with van der Waals surface area (Å²) in [5.74, 6) is -0.732. The molecule has 1 atom stereocenters. The molecule has 0 saturated carbocycles. The molecule has 0 unspecified atom stereocenters. The summed E-state index contributed by atoms with van der Waals surface area (Å²) in [5.41, 5.74) is 2.39. The first-order chi connectivity index (χ1) is 19.2. The third-order valence-corrected chi connectivity index (χ3v) is 9.25. The maximum absolute atomic E-state index is 14.0. The Morgan fingerprint density at radius 2 is 1.54 bits per heavy atom. The van der Waals surface area contributed by atoms with Crippen molar-refractivity contribution in [2.24, 2.45) is 5.92 Å². The molecule has 7 nitrogen and oxygen atoms in total. The molecule has 0 spiro atoms. The lowest BCUT2D eigenvalue weighted by Crippen LogP contribution is -2.51. The lowest BCUT2D eigenvalue weighted by molar-refractivity contribution is -0.139. The molecule has 220 valence electrons. The standard InChI is InChI=1S/C30H34Cl3N3O4S/c1-19(2)16-34-30(38)22(5)35(17-23-8-12-26(32)27(33)15-23)29(37)18-36(28-13-9-24(31)14-21(28)4)41(39,40)25-10-6-20(3)7-11-25/h6-15,19,22H,16-18H2,1-5H3,(H,34,38)/t22-/m0/s1. The van der Waals surface area contributed by atoms with Gasteiger partial charge in [-0.3, -0.25) is 13.9 Å². The molecule has 0 heterocycles. The Labute approximate surface area is 257 Å². The van der Waals surface area contributed by atoms with Gasteiger partial charge in [0.2, 0.25) is 11.8 Å². The first-order valence-electron chi connectivity index (χ1n) is 13.1. The summed E-state index contributed by atoms with van der Waals surface area (Å²) in [7, 11) is -4.18. The molecule has 0 fully saturated rings. The molecule has 3 rings (SSSR count). The van der Waals surface area contributed by atoms with Gasteiger partial charge in [-0.1, -0.05) is 72.4 Å². The number of rotatable bonds is 11. The fourth-order valence-electron chi connectivity index (χ4n) is 4.12. The van der Waals surface area contributed by atoms with E-state index in [0.29, 0.717) is 38.4 Å². The molecule has 2 amide bonds. The average molecular weight is 639 g/mol. The smallest absolute Gasteiger partial charge is 0.264 e. The van der Waals surface area contributed by atoms with Crippen LogP contribution in [-0.2, 0) is 26.2 Å². The predicted molar refractivity (Wildman–Crippen MR) is 166 cm³/mol. The summed E-state index contributed by atoms with van der Waals surface area (Å²) >= 11 is 18.5. The molecule has 3 aromatic carbocycles. The molecule has 0 radical (unpaired) electrons. The molecule has 0 aliphatic heterocycles. The Kier molecular flexibility index (Phi) is 11.1. The van der Waals surface area contributed by atoms with Gasteiger partial charge in [-0.15, -0.1) is 0 Å². The zero-order valence-corrected chi connectivity index (χ0v) is 26.7. The van der Waals surface area contributed by atoms with Crippen molar-refractivity contribution in [3.05, 3.63) is 92.4 Å². The van der Waals surface area contributed by atoms with Crippen molar-refractivity contribution in [1.29, 1.82) is 0 Å². The number of hydrogen-bond acceptors (Lipinski definition) is 4. The van der Waals surface area contributed by atoms with Crippen LogP contribution in [0.5, 0.6) is 0 Å². The highest BCUT2D eigenvalue weighted by Gasteiger charge is 2.33. The fourth-order valence-corrected chi connectivity index (χ4v) is 6.15. The Hall–Kier alpha value is -2.78. The normalized spacial score (nSPS) is 12.2. The number of nitrogens with one attached hydrogen (secondary N) is 1. The van der Waals surface area contributed by atoms with E-state index in [1.54, 1.807) is 62.4 Å². The van der Waals surface area contributed by atoms with Crippen molar-refractivity contribution < 1.29 is 18.0 Å². The highest BCUT2D eigenvalue weighted by atomic mass is 35.5. The monoisotopic (exact) mass is 637 g/mol. The van der Waals surface area contributed by atoms with Crippen molar-refractivity contribution in [2.45, 2.75) is 52.1 Å². The number of benzene rings is 3. The summed E-state index contributed by atoms with van der Waals surface area (Å²) in [6.07, 6.45) is 0. The number of sulfonamides is 1. The number of amides is 2. The third-order valence-electron chi connectivity index (χ3n) is 6.50. The van der Waals surface area contributed by atoms with E-state index in [4.69, 9.17) is 34.8 Å². The average Bonchev–Trinajstić information content (AvgIpc) is 2.91. The first-order valence-corrected chi connectivity index (χ1v) is 15.6. The van der Waals surface area contributed by atoms with Crippen LogP contribution in [-0.4, -0.2) is 44.3 Å². The van der Waals surface area contributed by atoms with Gasteiger partial charge in [0.15, 0.2) is 0 Å². The van der Waals surface area contributed by atoms with E-state index < -0.39 is 28.5 Å². The van der Waals surface area contributed by atoms with Crippen LogP contribution in [0.3, 0.4) is 0 Å². The van der Waals surface area contributed by atoms with Crippen molar-refractivity contribution in [1.82, 2.24) is 10.2 Å². The molecule has 3 aromatic rings. The van der Waals surface area contributed by atoms with Crippen molar-refractivity contribution in [3.63, 3.8) is 0 Å². The highest BCUT2D eigenvalue weighted by Crippen LogP contribution is 2.30. The van der Waals surface area contributed by atoms with Gasteiger partial charge in [0.25, 0.3) is 10.0 Å². The number of hydrogen-bond donors (Lipinski definition) is 1. The fraction of sp³-hybridized carbons (Fsp3) is 0.333. The summed E-state index contributed by atoms with van der Waals surface area (Å²) in [4.78, 5) is 28.5. The van der Waals surface area contributed by atoms with Crippen molar-refractivity contribution in [3.8, 4) is 0 Å². The summed E-state index contributed by atoms with van der Waals surface area (Å²) in [6.45, 7) is 8.99. The van der Waals surface area contributed by atoms with Crippen LogP contribution in [0.4, 0.5) is 5.69 Å². The zero-order valence-electron chi connectivity index (χ0n) is 23.6. The molecule has 1 N–H and O–H groups in total. The number of carbonyl (C=O) groups excluding carboxylic acids is 2. The van der Waals surface area contributed by atoms with E-state index >= 15 is 0 Å². The van der Waals surface area contributed by atoms with Gasteiger partial charge >= 0.3 is 0 Å². The van der Waals surface area contributed by atoms with Crippen LogP contribution in [0.1, 0.15) is 37.5 Å². The Bertz CT molecular complexity index is 1510. The van der Waals surface area contributed by atoms with E-state index in [2.05, 4.69) is 5.32 Å². The van der Waals surface area contributed by atoms with E-state index in [0.717, 1.165) is 9.87 Å². The molecule has 0 aliphatic rings. The number of anilines is 1. The second-order valence-electron chi connectivity index (χ2n) is 10.3. The number of halogens is 3. The molecular weight excluding hydrogens is 605 g/mol. The second-order valence-corrected chi connectivity index (χ2v) is 13.5. The largest absolute Gasteiger partial charge is 0.354 e. The topological polar surface area (TPSA) is 86.8 Å². The summed E-state index contributed by atoms with van der Waals surface area (Å²) < 4.78 is 29.0. The van der Waals surface area contributed by atoms with Gasteiger partial charge in [0.1, 0.15) is 12.6 Å². The van der Waals surface area contributed by atoms with E-state index in [1.807, 2.05) is 20.8 Å². The summed E-state index contributed by atoms with van der Waals surface area (Å²) in [6, 6.07) is 15.2. The lowest BCUT2D eigenvalue weighted by Gasteiger charge is -2.32. The van der Waals surface area contributed by atoms with Crippen LogP contribution >= 0.6 is 34.8 Å². The van der Waals surface area contributed by atoms with Gasteiger partial charge < -0.3 is 10.2 Å². The first kappa shape index (κ1) is 32.7.